The normalized spacial score (nSPS) is 13.3. The quantitative estimate of drug-likeness (QED) is 0.00650. The molecule has 4 amide bonds. The Morgan fingerprint density at radius 2 is 0.524 bits per heavy atom. The fraction of sp³-hybridized carbons (Fsp3) is 0.354. The third-order valence-corrected chi connectivity index (χ3v) is 21.0. The molecule has 0 radical (unpaired) electrons. The SMILES string of the molecule is C=CC(=O)OCCOCCc1ccc(Oc2cc3c4c(cc(Oc5ccc(CCOCCOC(=O)C=C)cc5)c5c6c(Oc7ccc(CCOCCOC(=O)C=C)cc7)cc7c8c(cc(Oc9ccc(CCOCCOC(=O)C=C)cc9)c(c2c45)c86)C(=O)N(C(C(=O)OCCOCC)C(C)CC)C7=O)C(=O)N(C(C(=O)OCCOCC)C(C)CC)C3=O)cc1. The maximum Gasteiger partial charge on any atom is 0.330 e. The smallest absolute Gasteiger partial charge is 0.330 e. The lowest BCUT2D eigenvalue weighted by Crippen LogP contribution is -2.54. The molecule has 4 unspecified atom stereocenters. The molecule has 2 aliphatic rings. The maximum atomic E-state index is 16.5. The standard InChI is InChI=1S/C96H102N2O26/c1-11-59(9)89(95(107)119-53-43-109-17-7)97-91(103)69-55-73(121-65-27-19-61(20-28-65)35-39-111-45-49-115-77(99)13-3)83-85-75(123-67-31-23-63(24-32-67)37-41-113-47-51-117-79(101)15-5)57-71-82-72(94(106)98(93(71)105)90(60(10)12-2)96(108)120-54-44-110-18-8)58-76(124-68-33-25-64(26-34-68)38-42-114-48-52-118-80(102)16-6)86(88(82)85)84-74(56-70(92(97)104)81(69)87(83)84)122-66-29-21-62(22-30-66)36-40-112-46-50-116-78(100)14-4/h13-16,19-34,55-60,89-90H,3-6,11-12,17-18,35-54H2,1-2,7-10H3. The summed E-state index contributed by atoms with van der Waals surface area (Å²) in [5.41, 5.74) is 2.80. The van der Waals surface area contributed by atoms with E-state index < -0.39 is 83.4 Å². The van der Waals surface area contributed by atoms with Gasteiger partial charge in [-0.1, -0.05) is 115 Å². The van der Waals surface area contributed by atoms with Crippen LogP contribution < -0.4 is 18.9 Å². The van der Waals surface area contributed by atoms with Crippen molar-refractivity contribution >= 4 is 103 Å². The van der Waals surface area contributed by atoms with Gasteiger partial charge in [0.1, 0.15) is 97.7 Å². The molecule has 0 saturated carbocycles. The molecule has 9 aromatic rings. The Labute approximate surface area is 718 Å². The van der Waals surface area contributed by atoms with Gasteiger partial charge < -0.3 is 75.8 Å². The summed E-state index contributed by atoms with van der Waals surface area (Å²) >= 11 is 0. The number of amides is 4. The number of hydrogen-bond donors (Lipinski definition) is 0. The predicted molar refractivity (Wildman–Crippen MR) is 459 cm³/mol. The van der Waals surface area contributed by atoms with Crippen molar-refractivity contribution in [3.63, 3.8) is 0 Å². The van der Waals surface area contributed by atoms with Crippen molar-refractivity contribution in [2.45, 2.75) is 92.2 Å². The lowest BCUT2D eigenvalue weighted by atomic mass is 9.80. The van der Waals surface area contributed by atoms with Crippen molar-refractivity contribution in [3.8, 4) is 46.0 Å². The van der Waals surface area contributed by atoms with Crippen LogP contribution in [-0.4, -0.2) is 200 Å². The number of esters is 6. The molecule has 0 bridgehead atoms. The summed E-state index contributed by atoms with van der Waals surface area (Å²) < 4.78 is 95.9. The van der Waals surface area contributed by atoms with Gasteiger partial charge in [0, 0.05) is 80.6 Å². The van der Waals surface area contributed by atoms with Gasteiger partial charge in [0.15, 0.2) is 0 Å². The van der Waals surface area contributed by atoms with Crippen molar-refractivity contribution in [1.29, 1.82) is 0 Å². The Bertz CT molecular complexity index is 4760. The second-order valence-electron chi connectivity index (χ2n) is 29.0. The molecule has 2 heterocycles. The van der Waals surface area contributed by atoms with Crippen LogP contribution in [-0.2, 0) is 111 Å². The lowest BCUT2D eigenvalue weighted by Gasteiger charge is -2.37. The van der Waals surface area contributed by atoms with Crippen LogP contribution in [0.3, 0.4) is 0 Å². The first-order chi connectivity index (χ1) is 60.2. The molecule has 28 nitrogen and oxygen atoms in total. The number of fused-ring (bicyclic) bond motifs is 2. The van der Waals surface area contributed by atoms with Gasteiger partial charge in [0.25, 0.3) is 23.6 Å². The molecule has 0 aromatic heterocycles. The van der Waals surface area contributed by atoms with Crippen LogP contribution in [0.15, 0.2) is 172 Å². The number of carbonyl (C=O) groups is 10. The van der Waals surface area contributed by atoms with Crippen LogP contribution in [0.5, 0.6) is 46.0 Å². The summed E-state index contributed by atoms with van der Waals surface area (Å²) in [4.78, 5) is 145. The second kappa shape index (κ2) is 44.9. The number of hydrogen-bond acceptors (Lipinski definition) is 26. The monoisotopic (exact) mass is 1700 g/mol. The van der Waals surface area contributed by atoms with Crippen molar-refractivity contribution < 1.29 is 124 Å². The van der Waals surface area contributed by atoms with Crippen LogP contribution in [0.1, 0.15) is 118 Å². The number of ether oxygens (including phenoxy) is 16. The van der Waals surface area contributed by atoms with Crippen LogP contribution in [0.25, 0.3) is 43.1 Å². The third-order valence-electron chi connectivity index (χ3n) is 21.0. The van der Waals surface area contributed by atoms with E-state index in [-0.39, 0.29) is 217 Å². The van der Waals surface area contributed by atoms with Crippen molar-refractivity contribution in [3.05, 3.63) is 216 Å². The average molecular weight is 1700 g/mol. The van der Waals surface area contributed by atoms with E-state index in [4.69, 9.17) is 75.8 Å². The molecule has 652 valence electrons. The first kappa shape index (κ1) is 92.0. The van der Waals surface area contributed by atoms with Gasteiger partial charge in [-0.05, 0) is 146 Å². The van der Waals surface area contributed by atoms with Gasteiger partial charge in [-0.25, -0.2) is 28.8 Å². The van der Waals surface area contributed by atoms with Crippen LogP contribution in [0.2, 0.25) is 0 Å². The summed E-state index contributed by atoms with van der Waals surface area (Å²) in [5.74, 6) is -8.37. The van der Waals surface area contributed by atoms with Gasteiger partial charge in [-0.15, -0.1) is 0 Å². The number of rotatable bonds is 52. The summed E-state index contributed by atoms with van der Waals surface area (Å²) in [5, 5.41) is 1.05. The number of benzene rings is 9. The van der Waals surface area contributed by atoms with E-state index in [0.717, 1.165) is 56.4 Å². The highest BCUT2D eigenvalue weighted by molar-refractivity contribution is 6.45. The van der Waals surface area contributed by atoms with E-state index in [1.165, 1.54) is 24.3 Å². The molecule has 4 atom stereocenters. The largest absolute Gasteiger partial charge is 0.462 e. The highest BCUT2D eigenvalue weighted by Gasteiger charge is 2.48. The Balaban J connectivity index is 1.22. The lowest BCUT2D eigenvalue weighted by molar-refractivity contribution is -0.152. The van der Waals surface area contributed by atoms with Crippen LogP contribution >= 0.6 is 0 Å². The molecule has 0 aliphatic carbocycles. The minimum atomic E-state index is -1.52. The van der Waals surface area contributed by atoms with Crippen molar-refractivity contribution in [2.75, 3.05) is 119 Å². The van der Waals surface area contributed by atoms with Gasteiger partial charge >= 0.3 is 35.8 Å². The van der Waals surface area contributed by atoms with Crippen molar-refractivity contribution in [2.24, 2.45) is 11.8 Å². The first-order valence-electron chi connectivity index (χ1n) is 41.3. The molecule has 0 saturated heterocycles. The molecular formula is C96H102N2O26. The topological polar surface area (TPSA) is 325 Å². The fourth-order valence-corrected chi connectivity index (χ4v) is 14.5. The molecule has 9 aromatic carbocycles. The molecule has 28 heteroatoms. The maximum absolute atomic E-state index is 16.5. The Kier molecular flexibility index (Phi) is 33.3. The van der Waals surface area contributed by atoms with E-state index in [0.29, 0.717) is 51.7 Å². The molecule has 11 rings (SSSR count). The van der Waals surface area contributed by atoms with E-state index >= 15 is 19.2 Å². The zero-order chi connectivity index (χ0) is 88.3. The highest BCUT2D eigenvalue weighted by atomic mass is 16.6. The van der Waals surface area contributed by atoms with Crippen LogP contribution in [0.4, 0.5) is 0 Å². The van der Waals surface area contributed by atoms with Gasteiger partial charge in [-0.2, -0.15) is 0 Å². The first-order valence-corrected chi connectivity index (χ1v) is 41.3. The average Bonchev–Trinajstić information content (AvgIpc) is 0.669. The molecular weight excluding hydrogens is 1600 g/mol. The summed E-state index contributed by atoms with van der Waals surface area (Å²) in [6.07, 6.45) is 6.47. The summed E-state index contributed by atoms with van der Waals surface area (Å²) in [6, 6.07) is 31.2. The van der Waals surface area contributed by atoms with E-state index in [1.54, 1.807) is 76.2 Å². The molecule has 0 fully saturated rings. The molecule has 124 heavy (non-hydrogen) atoms. The number of carbonyl (C=O) groups excluding carboxylic acids is 10. The van der Waals surface area contributed by atoms with Crippen molar-refractivity contribution in [1.82, 2.24) is 9.80 Å². The zero-order valence-corrected chi connectivity index (χ0v) is 70.5. The molecule has 0 N–H and O–H groups in total. The molecule has 2 aliphatic heterocycles. The van der Waals surface area contributed by atoms with Gasteiger partial charge in [0.2, 0.25) is 0 Å². The fourth-order valence-electron chi connectivity index (χ4n) is 14.5. The molecule has 0 spiro atoms. The van der Waals surface area contributed by atoms with E-state index in [9.17, 15) is 28.8 Å². The Morgan fingerprint density at radius 3 is 0.742 bits per heavy atom. The van der Waals surface area contributed by atoms with Crippen LogP contribution in [0, 0.1) is 11.8 Å². The second-order valence-corrected chi connectivity index (χ2v) is 29.0. The third kappa shape index (κ3) is 22.4. The predicted octanol–water partition coefficient (Wildman–Crippen LogP) is 15.2. The van der Waals surface area contributed by atoms with E-state index in [2.05, 4.69) is 26.3 Å². The number of imide groups is 2. The minimum Gasteiger partial charge on any atom is -0.462 e. The highest BCUT2D eigenvalue weighted by Crippen LogP contribution is 2.58. The van der Waals surface area contributed by atoms with Gasteiger partial charge in [0.05, 0.1) is 88.3 Å². The van der Waals surface area contributed by atoms with Gasteiger partial charge in [-0.3, -0.25) is 29.0 Å². The Morgan fingerprint density at radius 1 is 0.298 bits per heavy atom. The Hall–Kier alpha value is -12.7. The summed E-state index contributed by atoms with van der Waals surface area (Å²) in [6.45, 7) is 26.2. The number of nitrogens with zero attached hydrogens (tertiary/aromatic N) is 2. The minimum absolute atomic E-state index is 0.00702. The van der Waals surface area contributed by atoms with E-state index in [1.807, 2.05) is 62.4 Å². The summed E-state index contributed by atoms with van der Waals surface area (Å²) in [7, 11) is 0. The zero-order valence-electron chi connectivity index (χ0n) is 70.5.